The summed E-state index contributed by atoms with van der Waals surface area (Å²) in [6.07, 6.45) is 0. The number of hydrogen-bond donors (Lipinski definition) is 1. The fourth-order valence-corrected chi connectivity index (χ4v) is 1.81. The van der Waals surface area contributed by atoms with Gasteiger partial charge in [-0.25, -0.2) is 0 Å². The Morgan fingerprint density at radius 3 is 1.64 bits per heavy atom. The Morgan fingerprint density at radius 1 is 1.00 bits per heavy atom. The van der Waals surface area contributed by atoms with Gasteiger partial charge in [0.2, 0.25) is 0 Å². The van der Waals surface area contributed by atoms with Gasteiger partial charge in [0.1, 0.15) is 0 Å². The lowest BCUT2D eigenvalue weighted by atomic mass is 10.1. The van der Waals surface area contributed by atoms with Crippen molar-refractivity contribution in [3.05, 3.63) is 33.4 Å². The van der Waals surface area contributed by atoms with Crippen molar-refractivity contribution in [2.75, 3.05) is 0 Å². The molecule has 1 aromatic carbocycles. The molecule has 0 aliphatic heterocycles. The summed E-state index contributed by atoms with van der Waals surface area (Å²) in [4.78, 5) is -4.23. The second-order valence-corrected chi connectivity index (χ2v) is 7.04. The number of rotatable bonds is 2. The summed E-state index contributed by atoms with van der Waals surface area (Å²) in [7, 11) is -5.84. The van der Waals surface area contributed by atoms with Crippen LogP contribution in [0.3, 0.4) is 0 Å². The van der Waals surface area contributed by atoms with Gasteiger partial charge in [0.05, 0.1) is 0 Å². The average Bonchev–Trinajstić information content (AvgIpc) is 2.25. The molecule has 0 aliphatic carbocycles. The number of hydrogen-bond acceptors (Lipinski definition) is 2. The second kappa shape index (κ2) is 7.17. The first-order chi connectivity index (χ1) is 9.52. The van der Waals surface area contributed by atoms with Gasteiger partial charge in [-0.2, -0.15) is 39.2 Å². The highest BCUT2D eigenvalue weighted by molar-refractivity contribution is 14.1. The Labute approximate surface area is 141 Å². The van der Waals surface area contributed by atoms with Crippen LogP contribution < -0.4 is 0 Å². The van der Waals surface area contributed by atoms with Crippen molar-refractivity contribution in [3.8, 4) is 0 Å². The molecule has 0 amide bonds. The van der Waals surface area contributed by atoms with E-state index in [0.29, 0.717) is 0 Å². The zero-order valence-electron chi connectivity index (χ0n) is 9.88. The van der Waals surface area contributed by atoms with Crippen LogP contribution in [0.5, 0.6) is 0 Å². The Hall–Kier alpha value is -0.150. The van der Waals surface area contributed by atoms with Crippen molar-refractivity contribution < 1.29 is 43.7 Å². The highest BCUT2D eigenvalue weighted by Crippen LogP contribution is 2.47. The third-order valence-electron chi connectivity index (χ3n) is 1.86. The molecule has 0 saturated heterocycles. The first kappa shape index (κ1) is 21.9. The van der Waals surface area contributed by atoms with Gasteiger partial charge in [-0.15, -0.1) is 0 Å². The minimum absolute atomic E-state index is 0.106. The van der Waals surface area contributed by atoms with E-state index < -0.39 is 31.9 Å². The first-order valence-electron chi connectivity index (χ1n) is 4.75. The monoisotopic (exact) mass is 532 g/mol. The van der Waals surface area contributed by atoms with Crippen LogP contribution in [-0.2, 0) is 16.0 Å². The summed E-state index contributed by atoms with van der Waals surface area (Å²) in [6, 6.07) is 5.14. The highest BCUT2D eigenvalue weighted by atomic mass is 127. The number of alkyl halides is 8. The maximum Gasteiger partial charge on any atom is 0.522 e. The summed E-state index contributed by atoms with van der Waals surface area (Å²) in [5.41, 5.74) is -6.21. The van der Waals surface area contributed by atoms with Gasteiger partial charge >= 0.3 is 26.4 Å². The molecule has 0 aliphatic rings. The van der Waals surface area contributed by atoms with E-state index in [1.807, 2.05) is 0 Å². The van der Waals surface area contributed by atoms with E-state index >= 15 is 0 Å². The molecule has 0 atom stereocenters. The summed E-state index contributed by atoms with van der Waals surface area (Å²) in [5, 5.41) is 0. The standard InChI is InChI=1S/C8H4BrF4I.CHF3O3S/c9-8(12,13)7(10,11)5-3-1-2-4-6(5)14;2-1(3,4)8(5,6)7/h1-4H;(H,5,6,7). The first-order valence-corrected chi connectivity index (χ1v) is 8.06. The third kappa shape index (κ3) is 5.81. The van der Waals surface area contributed by atoms with Crippen LogP contribution in [0.4, 0.5) is 30.7 Å². The summed E-state index contributed by atoms with van der Waals surface area (Å²) < 4.78 is 109. The predicted octanol–water partition coefficient (Wildman–Crippen LogP) is 4.76. The Morgan fingerprint density at radius 2 is 1.36 bits per heavy atom. The fraction of sp³-hybridized carbons (Fsp3) is 0.333. The van der Waals surface area contributed by atoms with E-state index in [2.05, 4.69) is 0 Å². The van der Waals surface area contributed by atoms with Crippen LogP contribution in [0, 0.1) is 3.57 Å². The molecule has 0 spiro atoms. The van der Waals surface area contributed by atoms with Crippen LogP contribution in [-0.4, -0.2) is 23.3 Å². The minimum atomic E-state index is -5.84. The van der Waals surface area contributed by atoms with Crippen LogP contribution >= 0.6 is 38.5 Å². The lowest BCUT2D eigenvalue weighted by Gasteiger charge is -2.22. The van der Waals surface area contributed by atoms with Crippen molar-refractivity contribution >= 4 is 48.6 Å². The molecule has 1 N–H and O–H groups in total. The summed E-state index contributed by atoms with van der Waals surface area (Å²) in [6.45, 7) is 0. The van der Waals surface area contributed by atoms with E-state index in [1.165, 1.54) is 18.2 Å². The Kier molecular flexibility index (Phi) is 7.12. The van der Waals surface area contributed by atoms with E-state index in [-0.39, 0.29) is 3.57 Å². The van der Waals surface area contributed by atoms with Gasteiger partial charge in [-0.05, 0) is 44.6 Å². The van der Waals surface area contributed by atoms with Gasteiger partial charge in [0, 0.05) is 9.13 Å². The molecule has 0 radical (unpaired) electrons. The maximum absolute atomic E-state index is 13.1. The van der Waals surface area contributed by atoms with Gasteiger partial charge < -0.3 is 0 Å². The topological polar surface area (TPSA) is 54.4 Å². The molecule has 0 bridgehead atoms. The largest absolute Gasteiger partial charge is 0.522 e. The maximum atomic E-state index is 13.1. The zero-order chi connectivity index (χ0) is 18.0. The zero-order valence-corrected chi connectivity index (χ0v) is 14.4. The van der Waals surface area contributed by atoms with Crippen molar-refractivity contribution in [1.29, 1.82) is 0 Å². The van der Waals surface area contributed by atoms with E-state index in [1.54, 1.807) is 38.5 Å². The molecular weight excluding hydrogens is 528 g/mol. The fourth-order valence-electron chi connectivity index (χ4n) is 0.869. The van der Waals surface area contributed by atoms with E-state index in [0.717, 1.165) is 6.07 Å². The van der Waals surface area contributed by atoms with E-state index in [4.69, 9.17) is 13.0 Å². The molecule has 3 nitrogen and oxygen atoms in total. The minimum Gasteiger partial charge on any atom is -0.279 e. The smallest absolute Gasteiger partial charge is 0.279 e. The molecule has 1 aromatic rings. The quantitative estimate of drug-likeness (QED) is 0.196. The molecule has 13 heteroatoms. The van der Waals surface area contributed by atoms with Gasteiger partial charge in [0.15, 0.2) is 0 Å². The molecule has 0 aromatic heterocycles. The Bertz CT molecular complexity index is 612. The normalized spacial score (nSPS) is 13.4. The van der Waals surface area contributed by atoms with Crippen LogP contribution in [0.2, 0.25) is 0 Å². The highest BCUT2D eigenvalue weighted by Gasteiger charge is 2.56. The van der Waals surface area contributed by atoms with Crippen molar-refractivity contribution in [2.24, 2.45) is 0 Å². The summed E-state index contributed by atoms with van der Waals surface area (Å²) in [5.74, 6) is -4.20. The van der Waals surface area contributed by atoms with Crippen molar-refractivity contribution in [3.63, 3.8) is 0 Å². The third-order valence-corrected chi connectivity index (χ3v) is 3.88. The number of benzene rings is 1. The lowest BCUT2D eigenvalue weighted by molar-refractivity contribution is -0.154. The van der Waals surface area contributed by atoms with Gasteiger partial charge in [0.25, 0.3) is 0 Å². The van der Waals surface area contributed by atoms with Crippen molar-refractivity contribution in [2.45, 2.75) is 16.3 Å². The molecule has 1 rings (SSSR count). The molecule has 0 unspecified atom stereocenters. The number of halogens is 9. The second-order valence-electron chi connectivity index (χ2n) is 3.47. The van der Waals surface area contributed by atoms with Crippen LogP contribution in [0.25, 0.3) is 0 Å². The summed E-state index contributed by atoms with van der Waals surface area (Å²) >= 11 is 3.28. The Balaban J connectivity index is 0.000000472. The molecule has 0 heterocycles. The van der Waals surface area contributed by atoms with Crippen LogP contribution in [0.15, 0.2) is 24.3 Å². The molecule has 0 saturated carbocycles. The van der Waals surface area contributed by atoms with Gasteiger partial charge in [-0.1, -0.05) is 18.2 Å². The average molecular weight is 533 g/mol. The van der Waals surface area contributed by atoms with E-state index in [9.17, 15) is 30.7 Å². The van der Waals surface area contributed by atoms with Crippen molar-refractivity contribution in [1.82, 2.24) is 0 Å². The van der Waals surface area contributed by atoms with Gasteiger partial charge in [-0.3, -0.25) is 4.55 Å². The SMILES string of the molecule is FC(F)(Br)C(F)(F)c1ccccc1I.O=S(=O)(O)C(F)(F)F. The molecule has 22 heavy (non-hydrogen) atoms. The molecule has 128 valence electrons. The molecule has 0 fully saturated rings. The molecular formula is C9H5BrF7IO3S. The predicted molar refractivity (Wildman–Crippen MR) is 74.5 cm³/mol. The van der Waals surface area contributed by atoms with Crippen LogP contribution in [0.1, 0.15) is 5.56 Å². The lowest BCUT2D eigenvalue weighted by Crippen LogP contribution is -2.32.